The maximum Gasteiger partial charge on any atom is 0.300 e. The maximum absolute atomic E-state index is 9.00. The lowest BCUT2D eigenvalue weighted by Gasteiger charge is -1.59. The van der Waals surface area contributed by atoms with Crippen molar-refractivity contribution in [2.24, 2.45) is 0 Å². The fourth-order valence-electron chi connectivity index (χ4n) is 0. The first-order chi connectivity index (χ1) is 3.15. The molecular formula is C4H16Al2O3. The summed E-state index contributed by atoms with van der Waals surface area (Å²) in [6.07, 6.45) is 0. The van der Waals surface area contributed by atoms with Gasteiger partial charge in [-0.2, -0.15) is 0 Å². The van der Waals surface area contributed by atoms with Crippen LogP contribution in [0.25, 0.3) is 0 Å². The first-order valence-corrected chi connectivity index (χ1v) is 1.95. The molecule has 0 radical (unpaired) electrons. The molecule has 56 valence electrons. The molecule has 2 N–H and O–H groups in total. The Morgan fingerprint density at radius 2 is 1.44 bits per heavy atom. The van der Waals surface area contributed by atoms with E-state index in [2.05, 4.69) is 0 Å². The smallest absolute Gasteiger partial charge is 0.300 e. The highest BCUT2D eigenvalue weighted by molar-refractivity contribution is 5.76. The molecule has 0 bridgehead atoms. The van der Waals surface area contributed by atoms with Gasteiger partial charge in [-0.15, -0.1) is 0 Å². The minimum absolute atomic E-state index is 0. The predicted molar refractivity (Wildman–Crippen MR) is 45.9 cm³/mol. The van der Waals surface area contributed by atoms with Gasteiger partial charge in [-0.1, -0.05) is 0 Å². The van der Waals surface area contributed by atoms with Crippen LogP contribution in [0.4, 0.5) is 0 Å². The van der Waals surface area contributed by atoms with Crippen LogP contribution in [0.3, 0.4) is 0 Å². The molecular weight excluding hydrogens is 150 g/mol. The molecule has 3 nitrogen and oxygen atoms in total. The molecule has 0 fully saturated rings. The average molecular weight is 166 g/mol. The van der Waals surface area contributed by atoms with Gasteiger partial charge in [-0.25, -0.2) is 0 Å². The lowest BCUT2D eigenvalue weighted by atomic mass is 10.9. The van der Waals surface area contributed by atoms with Gasteiger partial charge >= 0.3 is 0 Å². The molecule has 0 aromatic heterocycles. The van der Waals surface area contributed by atoms with Crippen LogP contribution in [-0.4, -0.2) is 57.5 Å². The van der Waals surface area contributed by atoms with E-state index in [1.54, 1.807) is 6.92 Å². The molecule has 0 spiro atoms. The minimum atomic E-state index is -0.833. The number of hydrogen-bond acceptors (Lipinski definition) is 2. The summed E-state index contributed by atoms with van der Waals surface area (Å²) >= 11 is 0. The molecule has 9 heavy (non-hydrogen) atoms. The Balaban J connectivity index is -0.0000000233. The summed E-state index contributed by atoms with van der Waals surface area (Å²) in [5.74, 6) is -0.833. The van der Waals surface area contributed by atoms with Gasteiger partial charge in [0.15, 0.2) is 34.7 Å². The first kappa shape index (κ1) is 22.7. The Bertz CT molecular complexity index is 45.1. The fourth-order valence-corrected chi connectivity index (χ4v) is 0. The zero-order valence-corrected chi connectivity index (χ0v) is 4.51. The van der Waals surface area contributed by atoms with Gasteiger partial charge < -0.3 is 10.2 Å². The normalized spacial score (nSPS) is 4.78. The largest absolute Gasteiger partial charge is 0.481 e. The van der Waals surface area contributed by atoms with E-state index < -0.39 is 5.97 Å². The van der Waals surface area contributed by atoms with Crippen LogP contribution in [0.2, 0.25) is 0 Å². The van der Waals surface area contributed by atoms with Crippen LogP contribution in [0.15, 0.2) is 0 Å². The lowest BCUT2D eigenvalue weighted by Crippen LogP contribution is -1.78. The highest BCUT2D eigenvalue weighted by atomic mass is 27.0. The predicted octanol–water partition coefficient (Wildman–Crippen LogP) is -2.28. The Hall–Kier alpha value is 0.495. The zero-order chi connectivity index (χ0) is 6.28. The molecule has 0 saturated carbocycles. The van der Waals surface area contributed by atoms with Crippen LogP contribution in [-0.2, 0) is 4.79 Å². The van der Waals surface area contributed by atoms with Gasteiger partial charge in [-0.3, -0.25) is 4.79 Å². The van der Waals surface area contributed by atoms with Gasteiger partial charge in [0, 0.05) is 13.5 Å². The number of rotatable bonds is 0. The molecule has 0 aliphatic heterocycles. The van der Waals surface area contributed by atoms with Crippen molar-refractivity contribution in [2.45, 2.75) is 13.8 Å². The topological polar surface area (TPSA) is 57.5 Å². The van der Waals surface area contributed by atoms with Crippen LogP contribution in [0.5, 0.6) is 0 Å². The average Bonchev–Trinajstić information content (AvgIpc) is 1.33. The molecule has 0 aromatic carbocycles. The second-order valence-electron chi connectivity index (χ2n) is 0.835. The number of hydrogen-bond donors (Lipinski definition) is 2. The molecule has 0 saturated heterocycles. The molecule has 0 amide bonds. The van der Waals surface area contributed by atoms with Crippen molar-refractivity contribution < 1.29 is 15.0 Å². The molecule has 0 aromatic rings. The molecule has 0 aliphatic carbocycles. The summed E-state index contributed by atoms with van der Waals surface area (Å²) in [6, 6.07) is 0. The van der Waals surface area contributed by atoms with Crippen molar-refractivity contribution in [2.75, 3.05) is 6.61 Å². The third-order valence-corrected chi connectivity index (χ3v) is 0. The minimum Gasteiger partial charge on any atom is -0.481 e. The standard InChI is InChI=1S/C2H4O2.C2H6O.2Al.6H/c1-2(3)4;1-2-3;;;;;;;;/h1H3,(H,3,4);3H,2H2,1H3;;;;;;;;. The van der Waals surface area contributed by atoms with E-state index in [9.17, 15) is 0 Å². The number of aliphatic hydroxyl groups excluding tert-OH is 1. The van der Waals surface area contributed by atoms with Crippen LogP contribution >= 0.6 is 0 Å². The second kappa shape index (κ2) is 23.6. The molecule has 5 heteroatoms. The van der Waals surface area contributed by atoms with Crippen molar-refractivity contribution in [3.63, 3.8) is 0 Å². The van der Waals surface area contributed by atoms with Gasteiger partial charge in [-0.05, 0) is 6.92 Å². The second-order valence-corrected chi connectivity index (χ2v) is 0.835. The number of carbonyl (C=O) groups is 1. The highest BCUT2D eigenvalue weighted by Gasteiger charge is 1.65. The molecule has 0 heterocycles. The summed E-state index contributed by atoms with van der Waals surface area (Å²) in [5.41, 5.74) is 0. The molecule has 0 atom stereocenters. The highest BCUT2D eigenvalue weighted by Crippen LogP contribution is 1.42. The van der Waals surface area contributed by atoms with Crippen LogP contribution in [0, 0.1) is 0 Å². The van der Waals surface area contributed by atoms with Crippen molar-refractivity contribution >= 4 is 40.7 Å². The summed E-state index contributed by atoms with van der Waals surface area (Å²) < 4.78 is 0. The Labute approximate surface area is 76.3 Å². The number of carboxylic acids is 1. The summed E-state index contributed by atoms with van der Waals surface area (Å²) in [6.45, 7) is 3.01. The van der Waals surface area contributed by atoms with E-state index in [0.717, 1.165) is 6.92 Å². The quantitative estimate of drug-likeness (QED) is 0.399. The van der Waals surface area contributed by atoms with Crippen molar-refractivity contribution in [3.8, 4) is 0 Å². The SMILES string of the molecule is CC(=O)O.CCO.[AlH3].[AlH3]. The van der Waals surface area contributed by atoms with Crippen molar-refractivity contribution in [1.82, 2.24) is 0 Å². The fraction of sp³-hybridized carbons (Fsp3) is 0.750. The third kappa shape index (κ3) is 1460. The summed E-state index contributed by atoms with van der Waals surface area (Å²) in [7, 11) is 0. The number of aliphatic hydroxyl groups is 1. The van der Waals surface area contributed by atoms with Crippen molar-refractivity contribution in [1.29, 1.82) is 0 Å². The third-order valence-electron chi connectivity index (χ3n) is 0. The van der Waals surface area contributed by atoms with E-state index in [1.807, 2.05) is 0 Å². The van der Waals surface area contributed by atoms with Gasteiger partial charge in [0.25, 0.3) is 5.97 Å². The Kier molecular flexibility index (Phi) is 59.6. The Morgan fingerprint density at radius 3 is 1.44 bits per heavy atom. The maximum atomic E-state index is 9.00. The Morgan fingerprint density at radius 1 is 1.44 bits per heavy atom. The van der Waals surface area contributed by atoms with Crippen LogP contribution < -0.4 is 0 Å². The van der Waals surface area contributed by atoms with Gasteiger partial charge in [0.1, 0.15) is 0 Å². The number of carboxylic acid groups (broad SMARTS) is 1. The lowest BCUT2D eigenvalue weighted by molar-refractivity contribution is -0.134. The van der Waals surface area contributed by atoms with Gasteiger partial charge in [0.2, 0.25) is 0 Å². The molecule has 0 aliphatic rings. The van der Waals surface area contributed by atoms with E-state index in [4.69, 9.17) is 15.0 Å². The van der Waals surface area contributed by atoms with Crippen LogP contribution in [0.1, 0.15) is 13.8 Å². The monoisotopic (exact) mass is 166 g/mol. The van der Waals surface area contributed by atoms with E-state index in [0.29, 0.717) is 0 Å². The van der Waals surface area contributed by atoms with E-state index in [-0.39, 0.29) is 41.3 Å². The molecule has 0 unspecified atom stereocenters. The zero-order valence-electron chi connectivity index (χ0n) is 4.51. The van der Waals surface area contributed by atoms with E-state index in [1.165, 1.54) is 0 Å². The summed E-state index contributed by atoms with van der Waals surface area (Å²) in [4.78, 5) is 9.00. The van der Waals surface area contributed by atoms with E-state index >= 15 is 0 Å². The van der Waals surface area contributed by atoms with Gasteiger partial charge in [0.05, 0.1) is 0 Å². The first-order valence-electron chi connectivity index (χ1n) is 1.95. The van der Waals surface area contributed by atoms with Crippen molar-refractivity contribution in [3.05, 3.63) is 0 Å². The number of aliphatic carboxylic acids is 1. The molecule has 0 rings (SSSR count). The summed E-state index contributed by atoms with van der Waals surface area (Å²) in [5, 5.41) is 15.0.